The van der Waals surface area contributed by atoms with E-state index in [0.29, 0.717) is 5.92 Å². The number of likely N-dealkylation sites (tertiary alicyclic amines) is 1. The Morgan fingerprint density at radius 2 is 2.26 bits per heavy atom. The zero-order valence-electron chi connectivity index (χ0n) is 12.0. The van der Waals surface area contributed by atoms with E-state index in [-0.39, 0.29) is 0 Å². The first-order valence-electron chi connectivity index (χ1n) is 7.77. The fourth-order valence-electron chi connectivity index (χ4n) is 3.38. The third kappa shape index (κ3) is 3.21. The molecule has 3 nitrogen and oxygen atoms in total. The average molecular weight is 262 g/mol. The lowest BCUT2D eigenvalue weighted by molar-refractivity contribution is 0.152. The fourth-order valence-corrected chi connectivity index (χ4v) is 3.38. The molecule has 1 aromatic heterocycles. The van der Waals surface area contributed by atoms with E-state index >= 15 is 0 Å². The maximum atomic E-state index is 6.01. The number of piperidine rings is 1. The molecule has 1 saturated carbocycles. The van der Waals surface area contributed by atoms with Gasteiger partial charge in [0.1, 0.15) is 11.5 Å². The maximum absolute atomic E-state index is 6.01. The van der Waals surface area contributed by atoms with Gasteiger partial charge in [-0.15, -0.1) is 0 Å². The number of nitrogens with two attached hydrogens (primary N) is 1. The van der Waals surface area contributed by atoms with Gasteiger partial charge in [0, 0.05) is 12.5 Å². The summed E-state index contributed by atoms with van der Waals surface area (Å²) in [6, 6.07) is 4.36. The number of furan rings is 1. The van der Waals surface area contributed by atoms with Crippen LogP contribution in [0.4, 0.5) is 0 Å². The van der Waals surface area contributed by atoms with Gasteiger partial charge >= 0.3 is 0 Å². The van der Waals surface area contributed by atoms with Crippen molar-refractivity contribution in [2.24, 2.45) is 17.6 Å². The van der Waals surface area contributed by atoms with E-state index in [9.17, 15) is 0 Å². The molecule has 2 fully saturated rings. The Kier molecular flexibility index (Phi) is 3.94. The summed E-state index contributed by atoms with van der Waals surface area (Å²) in [4.78, 5) is 2.53. The van der Waals surface area contributed by atoms with E-state index in [1.165, 1.54) is 44.5 Å². The lowest BCUT2D eigenvalue weighted by Gasteiger charge is -2.31. The summed E-state index contributed by atoms with van der Waals surface area (Å²) in [5, 5.41) is 0. The topological polar surface area (TPSA) is 42.4 Å². The van der Waals surface area contributed by atoms with Gasteiger partial charge in [-0.2, -0.15) is 0 Å². The number of hydrogen-bond acceptors (Lipinski definition) is 3. The van der Waals surface area contributed by atoms with Crippen LogP contribution in [0.2, 0.25) is 0 Å². The Morgan fingerprint density at radius 3 is 3.00 bits per heavy atom. The Labute approximate surface area is 116 Å². The number of nitrogens with zero attached hydrogens (tertiary/aromatic N) is 1. The molecule has 1 aliphatic carbocycles. The molecule has 2 heterocycles. The lowest BCUT2D eigenvalue weighted by atomic mass is 9.95. The molecule has 3 rings (SSSR count). The molecular weight excluding hydrogens is 236 g/mol. The summed E-state index contributed by atoms with van der Waals surface area (Å²) in [5.74, 6) is 4.65. The van der Waals surface area contributed by atoms with Crippen molar-refractivity contribution in [1.82, 2.24) is 4.90 Å². The third-order valence-corrected chi connectivity index (χ3v) is 4.71. The highest BCUT2D eigenvalue weighted by atomic mass is 16.3. The minimum atomic E-state index is 0.695. The Balaban J connectivity index is 1.54. The van der Waals surface area contributed by atoms with Crippen LogP contribution < -0.4 is 5.73 Å². The Bertz CT molecular complexity index is 413. The predicted octanol–water partition coefficient (Wildman–Crippen LogP) is 2.96. The van der Waals surface area contributed by atoms with E-state index in [1.54, 1.807) is 0 Å². The van der Waals surface area contributed by atoms with Crippen molar-refractivity contribution in [2.45, 2.75) is 45.1 Å². The second-order valence-electron chi connectivity index (χ2n) is 6.44. The molecule has 3 unspecified atom stereocenters. The smallest absolute Gasteiger partial charge is 0.118 e. The highest BCUT2D eigenvalue weighted by Crippen LogP contribution is 2.47. The van der Waals surface area contributed by atoms with Crippen molar-refractivity contribution in [1.29, 1.82) is 0 Å². The van der Waals surface area contributed by atoms with Crippen molar-refractivity contribution in [3.63, 3.8) is 0 Å². The molecule has 2 N–H and O–H groups in total. The van der Waals surface area contributed by atoms with Crippen LogP contribution in [0.15, 0.2) is 16.5 Å². The molecule has 0 amide bonds. The van der Waals surface area contributed by atoms with Gasteiger partial charge in [0.15, 0.2) is 0 Å². The second-order valence-corrected chi connectivity index (χ2v) is 6.44. The van der Waals surface area contributed by atoms with E-state index in [4.69, 9.17) is 10.2 Å². The van der Waals surface area contributed by atoms with Gasteiger partial charge in [-0.25, -0.2) is 0 Å². The molecule has 3 atom stereocenters. The Morgan fingerprint density at radius 1 is 1.42 bits per heavy atom. The summed E-state index contributed by atoms with van der Waals surface area (Å²) in [5.41, 5.74) is 5.68. The molecule has 19 heavy (non-hydrogen) atoms. The van der Waals surface area contributed by atoms with Crippen LogP contribution in [0.1, 0.15) is 50.0 Å². The normalized spacial score (nSPS) is 31.6. The highest BCUT2D eigenvalue weighted by Gasteiger charge is 2.36. The van der Waals surface area contributed by atoms with E-state index in [1.807, 2.05) is 0 Å². The van der Waals surface area contributed by atoms with Crippen LogP contribution >= 0.6 is 0 Å². The first-order valence-corrected chi connectivity index (χ1v) is 7.77. The molecule has 2 aliphatic rings. The van der Waals surface area contributed by atoms with Crippen molar-refractivity contribution in [3.8, 4) is 0 Å². The monoisotopic (exact) mass is 262 g/mol. The molecule has 1 saturated heterocycles. The van der Waals surface area contributed by atoms with Gasteiger partial charge in [-0.05, 0) is 62.7 Å². The SMILES string of the molecule is CC1CC1c1ccc(CN2CCCC(CCN)C2)o1. The summed E-state index contributed by atoms with van der Waals surface area (Å²) in [7, 11) is 0. The van der Waals surface area contributed by atoms with Crippen molar-refractivity contribution in [3.05, 3.63) is 23.7 Å². The van der Waals surface area contributed by atoms with Crippen LogP contribution in [-0.2, 0) is 6.54 Å². The lowest BCUT2D eigenvalue weighted by Crippen LogP contribution is -2.35. The summed E-state index contributed by atoms with van der Waals surface area (Å²) in [6.07, 6.45) is 5.11. The fraction of sp³-hybridized carbons (Fsp3) is 0.750. The van der Waals surface area contributed by atoms with Crippen molar-refractivity contribution >= 4 is 0 Å². The second kappa shape index (κ2) is 5.68. The Hall–Kier alpha value is -0.800. The average Bonchev–Trinajstić information content (AvgIpc) is 2.95. The van der Waals surface area contributed by atoms with Gasteiger partial charge in [0.2, 0.25) is 0 Å². The van der Waals surface area contributed by atoms with Gasteiger partial charge in [0.25, 0.3) is 0 Å². The van der Waals surface area contributed by atoms with E-state index < -0.39 is 0 Å². The largest absolute Gasteiger partial charge is 0.464 e. The number of hydrogen-bond donors (Lipinski definition) is 1. The van der Waals surface area contributed by atoms with Crippen molar-refractivity contribution in [2.75, 3.05) is 19.6 Å². The van der Waals surface area contributed by atoms with Crippen LogP contribution in [0, 0.1) is 11.8 Å². The standard InChI is InChI=1S/C16H26N2O/c1-12-9-15(12)16-5-4-14(19-16)11-18-8-2-3-13(10-18)6-7-17/h4-5,12-13,15H,2-3,6-11,17H2,1H3. The zero-order chi connectivity index (χ0) is 13.2. The molecule has 0 spiro atoms. The molecule has 106 valence electrons. The first kappa shape index (κ1) is 13.2. The molecule has 0 aromatic carbocycles. The first-order chi connectivity index (χ1) is 9.26. The molecule has 3 heteroatoms. The van der Waals surface area contributed by atoms with Crippen LogP contribution in [0.5, 0.6) is 0 Å². The molecule has 1 aliphatic heterocycles. The minimum Gasteiger partial charge on any atom is -0.464 e. The van der Waals surface area contributed by atoms with Gasteiger partial charge < -0.3 is 10.2 Å². The zero-order valence-corrected chi connectivity index (χ0v) is 12.0. The van der Waals surface area contributed by atoms with Gasteiger partial charge in [0.05, 0.1) is 6.54 Å². The molecule has 0 bridgehead atoms. The maximum Gasteiger partial charge on any atom is 0.118 e. The predicted molar refractivity (Wildman–Crippen MR) is 76.9 cm³/mol. The van der Waals surface area contributed by atoms with Crippen LogP contribution in [-0.4, -0.2) is 24.5 Å². The van der Waals surface area contributed by atoms with E-state index in [2.05, 4.69) is 24.0 Å². The highest BCUT2D eigenvalue weighted by molar-refractivity contribution is 5.17. The van der Waals surface area contributed by atoms with Gasteiger partial charge in [-0.1, -0.05) is 6.92 Å². The number of rotatable bonds is 5. The molecule has 0 radical (unpaired) electrons. The summed E-state index contributed by atoms with van der Waals surface area (Å²) in [6.45, 7) is 6.49. The third-order valence-electron chi connectivity index (χ3n) is 4.71. The molecular formula is C16H26N2O. The van der Waals surface area contributed by atoms with Crippen LogP contribution in [0.3, 0.4) is 0 Å². The van der Waals surface area contributed by atoms with E-state index in [0.717, 1.165) is 30.7 Å². The van der Waals surface area contributed by atoms with Gasteiger partial charge in [-0.3, -0.25) is 4.90 Å². The quantitative estimate of drug-likeness (QED) is 0.887. The van der Waals surface area contributed by atoms with Crippen molar-refractivity contribution < 1.29 is 4.42 Å². The summed E-state index contributed by atoms with van der Waals surface area (Å²) >= 11 is 0. The van der Waals surface area contributed by atoms with Crippen LogP contribution in [0.25, 0.3) is 0 Å². The summed E-state index contributed by atoms with van der Waals surface area (Å²) < 4.78 is 6.01. The molecule has 1 aromatic rings. The minimum absolute atomic E-state index is 0.695.